The third kappa shape index (κ3) is 7.34. The van der Waals surface area contributed by atoms with E-state index in [1.165, 1.54) is 18.2 Å². The van der Waals surface area contributed by atoms with Gasteiger partial charge in [-0.2, -0.15) is 8.78 Å². The molecule has 27 heavy (non-hydrogen) atoms. The second-order valence-corrected chi connectivity index (χ2v) is 6.23. The van der Waals surface area contributed by atoms with E-state index in [-0.39, 0.29) is 17.6 Å². The lowest BCUT2D eigenvalue weighted by Crippen LogP contribution is -2.50. The summed E-state index contributed by atoms with van der Waals surface area (Å²) in [6.45, 7) is 2.60. The van der Waals surface area contributed by atoms with Crippen molar-refractivity contribution >= 4 is 17.9 Å². The molecule has 0 aliphatic carbocycles. The molecule has 0 aromatic heterocycles. The molecule has 0 spiro atoms. The first kappa shape index (κ1) is 20.8. The normalized spacial score (nSPS) is 15.3. The van der Waals surface area contributed by atoms with Crippen molar-refractivity contribution < 1.29 is 23.1 Å². The fraction of sp³-hybridized carbons (Fsp3) is 0.474. The topological polar surface area (TPSA) is 61.9 Å². The highest BCUT2D eigenvalue weighted by Gasteiger charge is 2.20. The molecule has 1 aliphatic rings. The highest BCUT2D eigenvalue weighted by molar-refractivity contribution is 5.91. The minimum atomic E-state index is -2.86. The highest BCUT2D eigenvalue weighted by Crippen LogP contribution is 2.15. The van der Waals surface area contributed by atoms with Crippen molar-refractivity contribution in [3.63, 3.8) is 0 Å². The second kappa shape index (κ2) is 10.6. The van der Waals surface area contributed by atoms with Crippen LogP contribution in [0.25, 0.3) is 6.08 Å². The van der Waals surface area contributed by atoms with E-state index >= 15 is 0 Å². The first-order chi connectivity index (χ1) is 13.0. The largest absolute Gasteiger partial charge is 0.435 e. The molecule has 1 saturated heterocycles. The Balaban J connectivity index is 1.77. The van der Waals surface area contributed by atoms with Gasteiger partial charge >= 0.3 is 6.61 Å². The van der Waals surface area contributed by atoms with E-state index in [1.54, 1.807) is 23.1 Å². The summed E-state index contributed by atoms with van der Waals surface area (Å²) < 4.78 is 28.5. The quantitative estimate of drug-likeness (QED) is 0.700. The van der Waals surface area contributed by atoms with Gasteiger partial charge in [-0.15, -0.1) is 0 Å². The zero-order chi connectivity index (χ0) is 19.6. The molecular formula is C19H25F2N3O3. The Morgan fingerprint density at radius 3 is 2.44 bits per heavy atom. The maximum absolute atomic E-state index is 12.3. The van der Waals surface area contributed by atoms with Crippen LogP contribution in [-0.4, -0.2) is 67.5 Å². The number of piperazine rings is 1. The van der Waals surface area contributed by atoms with Crippen molar-refractivity contribution in [2.24, 2.45) is 0 Å². The van der Waals surface area contributed by atoms with E-state index in [9.17, 15) is 18.4 Å². The average molecular weight is 381 g/mol. The number of hydrogen-bond acceptors (Lipinski definition) is 4. The van der Waals surface area contributed by atoms with Crippen molar-refractivity contribution in [1.29, 1.82) is 0 Å². The van der Waals surface area contributed by atoms with Crippen LogP contribution in [0.1, 0.15) is 18.9 Å². The summed E-state index contributed by atoms with van der Waals surface area (Å²) >= 11 is 0. The van der Waals surface area contributed by atoms with Gasteiger partial charge in [0.15, 0.2) is 0 Å². The second-order valence-electron chi connectivity index (χ2n) is 6.23. The molecule has 0 atom stereocenters. The van der Waals surface area contributed by atoms with Gasteiger partial charge in [0.25, 0.3) is 0 Å². The molecule has 0 unspecified atom stereocenters. The van der Waals surface area contributed by atoms with Crippen LogP contribution >= 0.6 is 0 Å². The minimum Gasteiger partial charge on any atom is -0.435 e. The predicted octanol–water partition coefficient (Wildman–Crippen LogP) is 1.97. The summed E-state index contributed by atoms with van der Waals surface area (Å²) in [5.41, 5.74) is 0.719. The lowest BCUT2D eigenvalue weighted by atomic mass is 10.2. The molecule has 1 fully saturated rings. The maximum atomic E-state index is 12.3. The molecule has 2 rings (SSSR count). The van der Waals surface area contributed by atoms with Gasteiger partial charge in [-0.1, -0.05) is 19.1 Å². The van der Waals surface area contributed by atoms with Crippen molar-refractivity contribution in [3.05, 3.63) is 35.9 Å². The summed E-state index contributed by atoms with van der Waals surface area (Å²) in [5, 5.41) is 2.84. The third-order valence-corrected chi connectivity index (χ3v) is 4.15. The maximum Gasteiger partial charge on any atom is 0.387 e. The molecular weight excluding hydrogens is 356 g/mol. The fourth-order valence-electron chi connectivity index (χ4n) is 2.68. The third-order valence-electron chi connectivity index (χ3n) is 4.15. The number of halogens is 2. The Bertz CT molecular complexity index is 642. The monoisotopic (exact) mass is 381 g/mol. The van der Waals surface area contributed by atoms with E-state index in [4.69, 9.17) is 0 Å². The van der Waals surface area contributed by atoms with E-state index in [0.29, 0.717) is 39.3 Å². The molecule has 2 amide bonds. The molecule has 1 heterocycles. The van der Waals surface area contributed by atoms with Crippen LogP contribution in [0.15, 0.2) is 30.3 Å². The number of carbonyl (C=O) groups is 2. The van der Waals surface area contributed by atoms with Crippen LogP contribution in [0, 0.1) is 0 Å². The molecule has 1 aliphatic heterocycles. The van der Waals surface area contributed by atoms with Gasteiger partial charge in [-0.3, -0.25) is 14.5 Å². The fourth-order valence-corrected chi connectivity index (χ4v) is 2.68. The Morgan fingerprint density at radius 1 is 1.19 bits per heavy atom. The first-order valence-corrected chi connectivity index (χ1v) is 8.99. The number of alkyl halides is 2. The minimum absolute atomic E-state index is 0.00999. The predicted molar refractivity (Wildman–Crippen MR) is 98.4 cm³/mol. The van der Waals surface area contributed by atoms with Crippen LogP contribution < -0.4 is 10.1 Å². The van der Waals surface area contributed by atoms with Crippen LogP contribution in [0.3, 0.4) is 0 Å². The summed E-state index contributed by atoms with van der Waals surface area (Å²) in [7, 11) is 0. The number of benzene rings is 1. The lowest BCUT2D eigenvalue weighted by Gasteiger charge is -2.33. The van der Waals surface area contributed by atoms with E-state index in [2.05, 4.69) is 10.1 Å². The number of nitrogens with one attached hydrogen (secondary N) is 1. The van der Waals surface area contributed by atoms with Crippen LogP contribution in [0.4, 0.5) is 8.78 Å². The summed E-state index contributed by atoms with van der Waals surface area (Å²) in [6, 6.07) is 6.07. The van der Waals surface area contributed by atoms with Gasteiger partial charge in [0.2, 0.25) is 11.8 Å². The van der Waals surface area contributed by atoms with Gasteiger partial charge < -0.3 is 15.0 Å². The van der Waals surface area contributed by atoms with Crippen molar-refractivity contribution in [2.75, 3.05) is 39.3 Å². The standard InChI is InChI=1S/C19H25F2N3O3/c1-2-9-22-17(25)14-23-10-12-24(13-11-23)18(26)8-5-15-3-6-16(7-4-15)27-19(20)21/h3-8,19H,2,9-14H2,1H3,(H,22,25)/b8-5+. The summed E-state index contributed by atoms with van der Waals surface area (Å²) in [6.07, 6.45) is 4.01. The molecule has 8 heteroatoms. The van der Waals surface area contributed by atoms with Crippen LogP contribution in [-0.2, 0) is 9.59 Å². The van der Waals surface area contributed by atoms with E-state index in [1.807, 2.05) is 11.8 Å². The van der Waals surface area contributed by atoms with Gasteiger partial charge in [0.05, 0.1) is 6.54 Å². The number of rotatable bonds is 8. The van der Waals surface area contributed by atoms with Crippen molar-refractivity contribution in [1.82, 2.24) is 15.1 Å². The SMILES string of the molecule is CCCNC(=O)CN1CCN(C(=O)/C=C/c2ccc(OC(F)F)cc2)CC1. The first-order valence-electron chi connectivity index (χ1n) is 8.99. The Kier molecular flexibility index (Phi) is 8.19. The number of ether oxygens (including phenoxy) is 1. The Labute approximate surface area is 157 Å². The van der Waals surface area contributed by atoms with E-state index in [0.717, 1.165) is 12.0 Å². The zero-order valence-corrected chi connectivity index (χ0v) is 15.4. The van der Waals surface area contributed by atoms with Crippen molar-refractivity contribution in [3.8, 4) is 5.75 Å². The number of amides is 2. The van der Waals surface area contributed by atoms with Gasteiger partial charge in [-0.25, -0.2) is 0 Å². The smallest absolute Gasteiger partial charge is 0.387 e. The molecule has 0 bridgehead atoms. The van der Waals surface area contributed by atoms with Crippen molar-refractivity contribution in [2.45, 2.75) is 20.0 Å². The van der Waals surface area contributed by atoms with Gasteiger partial charge in [0, 0.05) is 38.8 Å². The molecule has 1 N–H and O–H groups in total. The zero-order valence-electron chi connectivity index (χ0n) is 15.4. The number of nitrogens with zero attached hydrogens (tertiary/aromatic N) is 2. The molecule has 1 aromatic carbocycles. The van der Waals surface area contributed by atoms with Crippen LogP contribution in [0.2, 0.25) is 0 Å². The van der Waals surface area contributed by atoms with Crippen LogP contribution in [0.5, 0.6) is 5.75 Å². The van der Waals surface area contributed by atoms with Gasteiger partial charge in [-0.05, 0) is 30.2 Å². The summed E-state index contributed by atoms with van der Waals surface area (Å²) in [5.74, 6) is -0.0265. The average Bonchev–Trinajstić information content (AvgIpc) is 2.65. The molecule has 0 saturated carbocycles. The highest BCUT2D eigenvalue weighted by atomic mass is 19.3. The molecule has 1 aromatic rings. The Hall–Kier alpha value is -2.48. The molecule has 6 nitrogen and oxygen atoms in total. The number of carbonyl (C=O) groups excluding carboxylic acids is 2. The molecule has 148 valence electrons. The lowest BCUT2D eigenvalue weighted by molar-refractivity contribution is -0.128. The molecule has 0 radical (unpaired) electrons. The Morgan fingerprint density at radius 2 is 1.85 bits per heavy atom. The summed E-state index contributed by atoms with van der Waals surface area (Å²) in [4.78, 5) is 27.8. The van der Waals surface area contributed by atoms with Gasteiger partial charge in [0.1, 0.15) is 5.75 Å². The number of hydrogen-bond donors (Lipinski definition) is 1. The van der Waals surface area contributed by atoms with E-state index < -0.39 is 6.61 Å².